The van der Waals surface area contributed by atoms with Gasteiger partial charge in [0, 0.05) is 15.8 Å². The highest BCUT2D eigenvalue weighted by molar-refractivity contribution is 9.10. The predicted octanol–water partition coefficient (Wildman–Crippen LogP) is 2.32. The molecule has 16 heavy (non-hydrogen) atoms. The number of carboxylic acids is 1. The number of carbonyl (C=O) groups excluding carboxylic acids is 1. The van der Waals surface area contributed by atoms with Crippen LogP contribution < -0.4 is 0 Å². The first-order chi connectivity index (χ1) is 7.41. The van der Waals surface area contributed by atoms with Crippen molar-refractivity contribution in [3.05, 3.63) is 20.8 Å². The number of carbonyl (C=O) groups is 2. The lowest BCUT2D eigenvalue weighted by molar-refractivity contribution is -0.165. The van der Waals surface area contributed by atoms with E-state index < -0.39 is 17.4 Å². The molecule has 4 nitrogen and oxygen atoms in total. The van der Waals surface area contributed by atoms with Gasteiger partial charge in [0.05, 0.1) is 7.11 Å². The second-order valence-corrected chi connectivity index (χ2v) is 5.35. The van der Waals surface area contributed by atoms with Gasteiger partial charge in [0.15, 0.2) is 5.41 Å². The first kappa shape index (κ1) is 13.2. The summed E-state index contributed by atoms with van der Waals surface area (Å²) >= 11 is 4.71. The molecule has 0 aromatic carbocycles. The average molecular weight is 307 g/mol. The molecule has 1 heterocycles. The van der Waals surface area contributed by atoms with Crippen LogP contribution in [0.5, 0.6) is 0 Å². The summed E-state index contributed by atoms with van der Waals surface area (Å²) in [4.78, 5) is 23.5. The van der Waals surface area contributed by atoms with Gasteiger partial charge in [0.1, 0.15) is 0 Å². The van der Waals surface area contributed by atoms with E-state index in [1.54, 1.807) is 0 Å². The molecule has 0 saturated carbocycles. The van der Waals surface area contributed by atoms with Crippen molar-refractivity contribution in [2.75, 3.05) is 7.11 Å². The van der Waals surface area contributed by atoms with Crippen LogP contribution in [0.15, 0.2) is 15.9 Å². The van der Waals surface area contributed by atoms with Gasteiger partial charge < -0.3 is 9.84 Å². The van der Waals surface area contributed by atoms with E-state index in [9.17, 15) is 9.59 Å². The number of methoxy groups -OCH3 is 1. The summed E-state index contributed by atoms with van der Waals surface area (Å²) in [5.74, 6) is -1.92. The number of thiophene rings is 1. The van der Waals surface area contributed by atoms with Crippen molar-refractivity contribution in [2.45, 2.75) is 13.3 Å². The van der Waals surface area contributed by atoms with Crippen LogP contribution in [-0.4, -0.2) is 24.2 Å². The number of esters is 1. The molecule has 1 aromatic rings. The van der Waals surface area contributed by atoms with Gasteiger partial charge in [-0.15, -0.1) is 11.3 Å². The number of ether oxygens (including phenoxy) is 1. The third kappa shape index (κ3) is 2.44. The summed E-state index contributed by atoms with van der Waals surface area (Å²) in [6, 6.07) is 1.82. The quantitative estimate of drug-likeness (QED) is 0.685. The summed E-state index contributed by atoms with van der Waals surface area (Å²) in [5.41, 5.74) is -1.54. The van der Waals surface area contributed by atoms with Crippen LogP contribution in [0.4, 0.5) is 0 Å². The number of hydrogen-bond donors (Lipinski definition) is 1. The Morgan fingerprint density at radius 2 is 2.25 bits per heavy atom. The third-order valence-electron chi connectivity index (χ3n) is 2.31. The fraction of sp³-hybridized carbons (Fsp3) is 0.400. The normalized spacial score (nSPS) is 14.2. The number of aliphatic carboxylic acids is 1. The molecule has 0 aliphatic heterocycles. The van der Waals surface area contributed by atoms with E-state index in [1.807, 2.05) is 11.4 Å². The highest BCUT2D eigenvalue weighted by Gasteiger charge is 2.43. The molecule has 0 saturated heterocycles. The average Bonchev–Trinajstić information content (AvgIpc) is 2.62. The molecule has 0 aliphatic carbocycles. The molecule has 0 aliphatic rings. The standard InChI is InChI=1S/C10H11BrO4S/c1-10(8(12)13,9(14)15-2)5-7-6(11)3-4-16-7/h3-4H,5H2,1-2H3,(H,12,13). The van der Waals surface area contributed by atoms with Gasteiger partial charge in [0.25, 0.3) is 0 Å². The maximum absolute atomic E-state index is 11.5. The van der Waals surface area contributed by atoms with Crippen LogP contribution in [-0.2, 0) is 20.7 Å². The summed E-state index contributed by atoms with van der Waals surface area (Å²) < 4.78 is 5.35. The zero-order valence-electron chi connectivity index (χ0n) is 8.82. The number of halogens is 1. The number of rotatable bonds is 4. The smallest absolute Gasteiger partial charge is 0.323 e. The van der Waals surface area contributed by atoms with Crippen molar-refractivity contribution in [2.24, 2.45) is 5.41 Å². The summed E-state index contributed by atoms with van der Waals surface area (Å²) in [5, 5.41) is 10.9. The van der Waals surface area contributed by atoms with Crippen LogP contribution in [0.3, 0.4) is 0 Å². The third-order valence-corrected chi connectivity index (χ3v) is 4.24. The molecule has 1 atom stereocenters. The van der Waals surface area contributed by atoms with E-state index >= 15 is 0 Å². The van der Waals surface area contributed by atoms with Crippen molar-refractivity contribution >= 4 is 39.2 Å². The van der Waals surface area contributed by atoms with Crippen molar-refractivity contribution in [1.82, 2.24) is 0 Å². The Kier molecular flexibility index (Phi) is 4.09. The molecule has 88 valence electrons. The number of hydrogen-bond acceptors (Lipinski definition) is 4. The molecular formula is C10H11BrO4S. The zero-order valence-corrected chi connectivity index (χ0v) is 11.2. The lowest BCUT2D eigenvalue weighted by Gasteiger charge is -2.21. The van der Waals surface area contributed by atoms with Gasteiger partial charge in [-0.2, -0.15) is 0 Å². The molecule has 1 unspecified atom stereocenters. The topological polar surface area (TPSA) is 63.6 Å². The van der Waals surface area contributed by atoms with Gasteiger partial charge in [-0.25, -0.2) is 0 Å². The minimum absolute atomic E-state index is 0.118. The highest BCUT2D eigenvalue weighted by atomic mass is 79.9. The van der Waals surface area contributed by atoms with Crippen molar-refractivity contribution < 1.29 is 19.4 Å². The lowest BCUT2D eigenvalue weighted by Crippen LogP contribution is -2.39. The molecule has 1 N–H and O–H groups in total. The Morgan fingerprint density at radius 3 is 2.62 bits per heavy atom. The van der Waals surface area contributed by atoms with Gasteiger partial charge in [-0.05, 0) is 34.3 Å². The second-order valence-electron chi connectivity index (χ2n) is 3.50. The Hall–Kier alpha value is -0.880. The molecular weight excluding hydrogens is 296 g/mol. The molecule has 1 aromatic heterocycles. The van der Waals surface area contributed by atoms with Gasteiger partial charge in [-0.1, -0.05) is 0 Å². The molecule has 6 heteroatoms. The second kappa shape index (κ2) is 4.97. The summed E-state index contributed by atoms with van der Waals surface area (Å²) in [7, 11) is 1.19. The van der Waals surface area contributed by atoms with E-state index in [0.29, 0.717) is 0 Å². The predicted molar refractivity (Wildman–Crippen MR) is 63.5 cm³/mol. The van der Waals surface area contributed by atoms with Crippen LogP contribution in [0, 0.1) is 5.41 Å². The maximum atomic E-state index is 11.5. The van der Waals surface area contributed by atoms with Crippen LogP contribution >= 0.6 is 27.3 Å². The van der Waals surface area contributed by atoms with E-state index in [0.717, 1.165) is 9.35 Å². The van der Waals surface area contributed by atoms with Gasteiger partial charge in [0.2, 0.25) is 0 Å². The summed E-state index contributed by atoms with van der Waals surface area (Å²) in [6.07, 6.45) is 0.118. The zero-order chi connectivity index (χ0) is 12.3. The van der Waals surface area contributed by atoms with Crippen LogP contribution in [0.1, 0.15) is 11.8 Å². The SMILES string of the molecule is COC(=O)C(C)(Cc1sccc1Br)C(=O)O. The molecule has 0 spiro atoms. The van der Waals surface area contributed by atoms with Crippen molar-refractivity contribution in [3.63, 3.8) is 0 Å². The fourth-order valence-electron chi connectivity index (χ4n) is 1.23. The molecule has 0 amide bonds. The highest BCUT2D eigenvalue weighted by Crippen LogP contribution is 2.32. The lowest BCUT2D eigenvalue weighted by atomic mass is 9.86. The monoisotopic (exact) mass is 306 g/mol. The number of carboxylic acid groups (broad SMARTS) is 1. The van der Waals surface area contributed by atoms with E-state index in [-0.39, 0.29) is 6.42 Å². The molecule has 1 rings (SSSR count). The van der Waals surface area contributed by atoms with Crippen molar-refractivity contribution in [3.8, 4) is 0 Å². The Morgan fingerprint density at radius 1 is 1.62 bits per heavy atom. The molecule has 0 radical (unpaired) electrons. The van der Waals surface area contributed by atoms with E-state index in [4.69, 9.17) is 5.11 Å². The van der Waals surface area contributed by atoms with Gasteiger partial charge in [-0.3, -0.25) is 9.59 Å². The van der Waals surface area contributed by atoms with E-state index in [2.05, 4.69) is 20.7 Å². The molecule has 0 fully saturated rings. The van der Waals surface area contributed by atoms with Crippen molar-refractivity contribution in [1.29, 1.82) is 0 Å². The first-order valence-corrected chi connectivity index (χ1v) is 6.12. The minimum atomic E-state index is -1.54. The van der Waals surface area contributed by atoms with E-state index in [1.165, 1.54) is 25.4 Å². The van der Waals surface area contributed by atoms with Crippen LogP contribution in [0.25, 0.3) is 0 Å². The summed E-state index contributed by atoms with van der Waals surface area (Å²) in [6.45, 7) is 1.37. The Labute approximate surface area is 105 Å². The fourth-order valence-corrected chi connectivity index (χ4v) is 2.88. The molecule has 0 bridgehead atoms. The van der Waals surface area contributed by atoms with Crippen LogP contribution in [0.2, 0.25) is 0 Å². The first-order valence-electron chi connectivity index (χ1n) is 4.45. The largest absolute Gasteiger partial charge is 0.480 e. The maximum Gasteiger partial charge on any atom is 0.323 e. The minimum Gasteiger partial charge on any atom is -0.480 e. The van der Waals surface area contributed by atoms with Gasteiger partial charge >= 0.3 is 11.9 Å². The Bertz CT molecular complexity index is 415. The Balaban J connectivity index is 3.01.